The third-order valence-corrected chi connectivity index (χ3v) is 5.87. The first kappa shape index (κ1) is 20.6. The summed E-state index contributed by atoms with van der Waals surface area (Å²) in [6.45, 7) is 0. The summed E-state index contributed by atoms with van der Waals surface area (Å²) in [5.41, 5.74) is 1.53. The fourth-order valence-electron chi connectivity index (χ4n) is 2.98. The SMILES string of the molecule is O=C1CCc2cc(S(=O)(=O)NC(=O)c3ccc(-c4noc(C(F)F)n4)cc3)ccc2N1. The Hall–Kier alpha value is -3.67. The number of nitrogens with zero attached hydrogens (tertiary/aromatic N) is 2. The molecule has 2 N–H and O–H groups in total. The number of carbonyl (C=O) groups is 2. The van der Waals surface area contributed by atoms with Crippen LogP contribution in [0.3, 0.4) is 0 Å². The van der Waals surface area contributed by atoms with Gasteiger partial charge in [0, 0.05) is 23.2 Å². The molecule has 2 aromatic carbocycles. The Morgan fingerprint density at radius 2 is 1.87 bits per heavy atom. The first-order valence-corrected chi connectivity index (χ1v) is 10.4. The lowest BCUT2D eigenvalue weighted by Crippen LogP contribution is -2.30. The number of benzene rings is 2. The molecule has 0 saturated carbocycles. The molecule has 9 nitrogen and oxygen atoms in total. The smallest absolute Gasteiger partial charge is 0.315 e. The van der Waals surface area contributed by atoms with Crippen LogP contribution in [-0.2, 0) is 21.2 Å². The Labute approximate surface area is 174 Å². The van der Waals surface area contributed by atoms with Gasteiger partial charge in [-0.15, -0.1) is 0 Å². The Morgan fingerprint density at radius 1 is 1.13 bits per heavy atom. The fourth-order valence-corrected chi connectivity index (χ4v) is 4.00. The number of anilines is 1. The number of halogens is 2. The van der Waals surface area contributed by atoms with E-state index in [1.165, 1.54) is 42.5 Å². The first-order chi connectivity index (χ1) is 14.7. The summed E-state index contributed by atoms with van der Waals surface area (Å²) in [7, 11) is -4.16. The summed E-state index contributed by atoms with van der Waals surface area (Å²) in [5, 5.41) is 6.08. The first-order valence-electron chi connectivity index (χ1n) is 8.95. The Morgan fingerprint density at radius 3 is 2.55 bits per heavy atom. The van der Waals surface area contributed by atoms with Crippen molar-refractivity contribution >= 4 is 27.5 Å². The molecule has 2 heterocycles. The van der Waals surface area contributed by atoms with Gasteiger partial charge in [0.25, 0.3) is 21.8 Å². The van der Waals surface area contributed by atoms with Crippen LogP contribution in [0, 0.1) is 0 Å². The van der Waals surface area contributed by atoms with E-state index >= 15 is 0 Å². The second kappa shape index (κ2) is 7.87. The Balaban J connectivity index is 1.50. The molecular weight excluding hydrogens is 434 g/mol. The minimum absolute atomic E-state index is 0.0233. The van der Waals surface area contributed by atoms with E-state index in [0.717, 1.165) is 0 Å². The van der Waals surface area contributed by atoms with E-state index in [0.29, 0.717) is 23.2 Å². The molecule has 3 aromatic rings. The topological polar surface area (TPSA) is 131 Å². The lowest BCUT2D eigenvalue weighted by molar-refractivity contribution is -0.116. The van der Waals surface area contributed by atoms with E-state index in [2.05, 4.69) is 20.0 Å². The molecule has 31 heavy (non-hydrogen) atoms. The Kier molecular flexibility index (Phi) is 5.23. The number of alkyl halides is 2. The number of hydrogen-bond acceptors (Lipinski definition) is 7. The maximum atomic E-state index is 12.6. The zero-order valence-corrected chi connectivity index (χ0v) is 16.4. The van der Waals surface area contributed by atoms with E-state index in [1.807, 2.05) is 4.72 Å². The summed E-state index contributed by atoms with van der Waals surface area (Å²) < 4.78 is 56.7. The zero-order valence-electron chi connectivity index (χ0n) is 15.6. The van der Waals surface area contributed by atoms with Gasteiger partial charge in [-0.25, -0.2) is 13.1 Å². The number of aryl methyl sites for hydroxylation is 1. The summed E-state index contributed by atoms with van der Waals surface area (Å²) >= 11 is 0. The highest BCUT2D eigenvalue weighted by atomic mass is 32.2. The van der Waals surface area contributed by atoms with Crippen molar-refractivity contribution in [1.29, 1.82) is 0 Å². The molecular formula is C19H14F2N4O5S. The van der Waals surface area contributed by atoms with Gasteiger partial charge in [-0.05, 0) is 42.3 Å². The molecule has 0 atom stereocenters. The quantitative estimate of drug-likeness (QED) is 0.613. The summed E-state index contributed by atoms with van der Waals surface area (Å²) in [6, 6.07) is 9.54. The van der Waals surface area contributed by atoms with Crippen molar-refractivity contribution in [2.75, 3.05) is 5.32 Å². The second-order valence-corrected chi connectivity index (χ2v) is 8.32. The maximum Gasteiger partial charge on any atom is 0.315 e. The van der Waals surface area contributed by atoms with Crippen LogP contribution in [0.15, 0.2) is 51.9 Å². The molecule has 1 aliphatic rings. The summed E-state index contributed by atoms with van der Waals surface area (Å²) in [5.74, 6) is -1.94. The monoisotopic (exact) mass is 448 g/mol. The van der Waals surface area contributed by atoms with Gasteiger partial charge in [-0.2, -0.15) is 13.8 Å². The molecule has 1 aromatic heterocycles. The maximum absolute atomic E-state index is 12.6. The molecule has 0 saturated heterocycles. The number of rotatable bonds is 5. The molecule has 0 aliphatic carbocycles. The van der Waals surface area contributed by atoms with Gasteiger partial charge < -0.3 is 9.84 Å². The predicted molar refractivity (Wildman–Crippen MR) is 103 cm³/mol. The van der Waals surface area contributed by atoms with Crippen LogP contribution in [0.25, 0.3) is 11.4 Å². The van der Waals surface area contributed by atoms with Crippen LogP contribution >= 0.6 is 0 Å². The Bertz CT molecular complexity index is 1270. The van der Waals surface area contributed by atoms with E-state index in [4.69, 9.17) is 0 Å². The molecule has 2 amide bonds. The number of nitrogens with one attached hydrogen (secondary N) is 2. The minimum Gasteiger partial charge on any atom is -0.333 e. The van der Waals surface area contributed by atoms with Crippen LogP contribution in [0.4, 0.5) is 14.5 Å². The van der Waals surface area contributed by atoms with Crippen molar-refractivity contribution in [3.05, 3.63) is 59.5 Å². The highest BCUT2D eigenvalue weighted by molar-refractivity contribution is 7.90. The van der Waals surface area contributed by atoms with E-state index in [9.17, 15) is 26.8 Å². The molecule has 0 bridgehead atoms. The summed E-state index contributed by atoms with van der Waals surface area (Å²) in [6.07, 6.45) is -2.27. The standard InChI is InChI=1S/C19H14F2N4O5S/c20-16(21)19-23-17(24-30-19)10-1-3-11(4-2-10)18(27)25-31(28,29)13-6-7-14-12(9-13)5-8-15(26)22-14/h1-4,6-7,9,16H,5,8H2,(H,22,26)(H,25,27). The van der Waals surface area contributed by atoms with Crippen LogP contribution in [0.5, 0.6) is 0 Å². The fraction of sp³-hybridized carbons (Fsp3) is 0.158. The van der Waals surface area contributed by atoms with Crippen molar-refractivity contribution in [2.24, 2.45) is 0 Å². The van der Waals surface area contributed by atoms with Gasteiger partial charge in [0.05, 0.1) is 4.90 Å². The predicted octanol–water partition coefficient (Wildman–Crippen LogP) is 2.68. The van der Waals surface area contributed by atoms with Crippen molar-refractivity contribution in [3.8, 4) is 11.4 Å². The lowest BCUT2D eigenvalue weighted by Gasteiger charge is -2.17. The average molecular weight is 448 g/mol. The second-order valence-electron chi connectivity index (χ2n) is 6.64. The van der Waals surface area contributed by atoms with Crippen molar-refractivity contribution < 1.29 is 31.3 Å². The molecule has 1 aliphatic heterocycles. The molecule has 0 spiro atoms. The molecule has 4 rings (SSSR count). The van der Waals surface area contributed by atoms with Crippen LogP contribution in [0.1, 0.15) is 34.7 Å². The van der Waals surface area contributed by atoms with Crippen molar-refractivity contribution in [1.82, 2.24) is 14.9 Å². The molecule has 0 unspecified atom stereocenters. The highest BCUT2D eigenvalue weighted by Crippen LogP contribution is 2.26. The number of sulfonamides is 1. The normalized spacial score (nSPS) is 13.6. The number of fused-ring (bicyclic) bond motifs is 1. The number of aromatic nitrogens is 2. The highest BCUT2D eigenvalue weighted by Gasteiger charge is 2.23. The number of carbonyl (C=O) groups excluding carboxylic acids is 2. The zero-order chi connectivity index (χ0) is 22.2. The van der Waals surface area contributed by atoms with Crippen LogP contribution in [-0.4, -0.2) is 30.4 Å². The van der Waals surface area contributed by atoms with Crippen molar-refractivity contribution in [2.45, 2.75) is 24.2 Å². The van der Waals surface area contributed by atoms with E-state index < -0.39 is 28.2 Å². The van der Waals surface area contributed by atoms with Gasteiger partial charge in [-0.1, -0.05) is 17.3 Å². The largest absolute Gasteiger partial charge is 0.333 e. The third kappa shape index (κ3) is 4.28. The number of hydrogen-bond donors (Lipinski definition) is 2. The third-order valence-electron chi connectivity index (χ3n) is 4.54. The molecule has 0 radical (unpaired) electrons. The van der Waals surface area contributed by atoms with E-state index in [-0.39, 0.29) is 28.6 Å². The van der Waals surface area contributed by atoms with Crippen LogP contribution < -0.4 is 10.0 Å². The lowest BCUT2D eigenvalue weighted by atomic mass is 10.0. The van der Waals surface area contributed by atoms with Gasteiger partial charge in [-0.3, -0.25) is 9.59 Å². The molecule has 12 heteroatoms. The van der Waals surface area contributed by atoms with E-state index in [1.54, 1.807) is 0 Å². The van der Waals surface area contributed by atoms with Gasteiger partial charge >= 0.3 is 6.43 Å². The van der Waals surface area contributed by atoms with Gasteiger partial charge in [0.1, 0.15) is 0 Å². The molecule has 0 fully saturated rings. The van der Waals surface area contributed by atoms with Gasteiger partial charge in [0.2, 0.25) is 11.7 Å². The van der Waals surface area contributed by atoms with Crippen LogP contribution in [0.2, 0.25) is 0 Å². The molecule has 160 valence electrons. The van der Waals surface area contributed by atoms with Crippen molar-refractivity contribution in [3.63, 3.8) is 0 Å². The number of amides is 2. The minimum atomic E-state index is -4.16. The summed E-state index contributed by atoms with van der Waals surface area (Å²) in [4.78, 5) is 27.3. The average Bonchev–Trinajstić information content (AvgIpc) is 3.24. The van der Waals surface area contributed by atoms with Gasteiger partial charge in [0.15, 0.2) is 0 Å².